The van der Waals surface area contributed by atoms with E-state index in [-0.39, 0.29) is 18.3 Å². The van der Waals surface area contributed by atoms with E-state index in [9.17, 15) is 4.39 Å². The third-order valence-electron chi connectivity index (χ3n) is 3.26. The molecule has 112 valence electrons. The number of hydrogen-bond donors (Lipinski definition) is 2. The number of nitrogens with one attached hydrogen (secondary N) is 1. The summed E-state index contributed by atoms with van der Waals surface area (Å²) in [6.07, 6.45) is 7.29. The van der Waals surface area contributed by atoms with Gasteiger partial charge < -0.3 is 10.5 Å². The number of ether oxygens (including phenoxy) is 1. The predicted molar refractivity (Wildman–Crippen MR) is 80.4 cm³/mol. The van der Waals surface area contributed by atoms with Gasteiger partial charge in [0.05, 0.1) is 6.61 Å². The first kappa shape index (κ1) is 16.6. The zero-order valence-electron chi connectivity index (χ0n) is 12.3. The minimum absolute atomic E-state index is 0.122. The second-order valence-corrected chi connectivity index (χ2v) is 5.04. The summed E-state index contributed by atoms with van der Waals surface area (Å²) in [6, 6.07) is 4.56. The van der Waals surface area contributed by atoms with Gasteiger partial charge in [-0.05, 0) is 12.5 Å². The molecule has 0 radical (unpaired) electrons. The fourth-order valence-corrected chi connectivity index (χ4v) is 2.00. The number of benzene rings is 1. The van der Waals surface area contributed by atoms with Gasteiger partial charge in [-0.2, -0.15) is 0 Å². The molecule has 0 amide bonds. The van der Waals surface area contributed by atoms with Gasteiger partial charge in [0.1, 0.15) is 11.7 Å². The Labute approximate surface area is 120 Å². The number of unbranched alkanes of at least 4 members (excludes halogenated alkanes) is 5. The molecule has 0 aliphatic carbocycles. The lowest BCUT2D eigenvalue weighted by Crippen LogP contribution is -2.11. The largest absolute Gasteiger partial charge is 0.384 e. The van der Waals surface area contributed by atoms with Crippen LogP contribution >= 0.6 is 0 Å². The number of nitrogen functional groups attached to an aromatic ring is 1. The Bertz CT molecular complexity index is 421. The van der Waals surface area contributed by atoms with E-state index in [1.54, 1.807) is 12.1 Å². The molecule has 0 aliphatic rings. The number of rotatable bonds is 10. The van der Waals surface area contributed by atoms with Crippen molar-refractivity contribution in [1.29, 1.82) is 5.41 Å². The van der Waals surface area contributed by atoms with Crippen LogP contribution in [0.3, 0.4) is 0 Å². The van der Waals surface area contributed by atoms with Crippen LogP contribution in [0.5, 0.6) is 0 Å². The average molecular weight is 280 g/mol. The molecule has 3 nitrogen and oxygen atoms in total. The first-order valence-corrected chi connectivity index (χ1v) is 7.35. The highest BCUT2D eigenvalue weighted by Crippen LogP contribution is 2.12. The third-order valence-corrected chi connectivity index (χ3v) is 3.26. The lowest BCUT2D eigenvalue weighted by atomic mass is 10.1. The maximum absolute atomic E-state index is 13.7. The average Bonchev–Trinajstić information content (AvgIpc) is 2.43. The van der Waals surface area contributed by atoms with Gasteiger partial charge in [-0.15, -0.1) is 0 Å². The van der Waals surface area contributed by atoms with Crippen LogP contribution in [0.1, 0.15) is 56.6 Å². The van der Waals surface area contributed by atoms with E-state index >= 15 is 0 Å². The van der Waals surface area contributed by atoms with E-state index in [1.807, 2.05) is 0 Å². The number of halogens is 1. The van der Waals surface area contributed by atoms with Gasteiger partial charge in [0.2, 0.25) is 0 Å². The summed E-state index contributed by atoms with van der Waals surface area (Å²) in [5.74, 6) is -0.482. The normalized spacial score (nSPS) is 10.7. The fraction of sp³-hybridized carbons (Fsp3) is 0.562. The Hall–Kier alpha value is -1.42. The van der Waals surface area contributed by atoms with Crippen molar-refractivity contribution in [2.75, 3.05) is 6.61 Å². The Morgan fingerprint density at radius 3 is 2.55 bits per heavy atom. The van der Waals surface area contributed by atoms with Gasteiger partial charge in [-0.1, -0.05) is 51.2 Å². The maximum Gasteiger partial charge on any atom is 0.129 e. The summed E-state index contributed by atoms with van der Waals surface area (Å²) in [6.45, 7) is 3.15. The molecular weight excluding hydrogens is 255 g/mol. The molecule has 0 saturated heterocycles. The van der Waals surface area contributed by atoms with E-state index in [4.69, 9.17) is 15.9 Å². The molecule has 0 unspecified atom stereocenters. The highest BCUT2D eigenvalue weighted by Gasteiger charge is 2.05. The van der Waals surface area contributed by atoms with E-state index < -0.39 is 0 Å². The summed E-state index contributed by atoms with van der Waals surface area (Å²) in [4.78, 5) is 0. The zero-order chi connectivity index (χ0) is 14.8. The topological polar surface area (TPSA) is 59.1 Å². The monoisotopic (exact) mass is 280 g/mol. The Morgan fingerprint density at radius 2 is 1.90 bits per heavy atom. The summed E-state index contributed by atoms with van der Waals surface area (Å²) in [5, 5.41) is 7.24. The Kier molecular flexibility index (Phi) is 7.88. The van der Waals surface area contributed by atoms with Crippen LogP contribution in [-0.4, -0.2) is 12.4 Å². The number of amidine groups is 1. The van der Waals surface area contributed by atoms with Crippen LogP contribution in [0.4, 0.5) is 4.39 Å². The molecule has 0 aliphatic heterocycles. The predicted octanol–water partition coefficient (Wildman–Crippen LogP) is 3.99. The second kappa shape index (κ2) is 9.48. The van der Waals surface area contributed by atoms with Crippen LogP contribution in [0.2, 0.25) is 0 Å². The quantitative estimate of drug-likeness (QED) is 0.387. The van der Waals surface area contributed by atoms with Gasteiger partial charge in [-0.3, -0.25) is 5.41 Å². The summed E-state index contributed by atoms with van der Waals surface area (Å²) >= 11 is 0. The third kappa shape index (κ3) is 6.15. The van der Waals surface area contributed by atoms with Gasteiger partial charge >= 0.3 is 0 Å². The SMILES string of the molecule is CCCCCCCCOCc1ccc(C(=N)N)cc1F. The molecule has 20 heavy (non-hydrogen) atoms. The van der Waals surface area contributed by atoms with Crippen molar-refractivity contribution in [1.82, 2.24) is 0 Å². The summed E-state index contributed by atoms with van der Waals surface area (Å²) < 4.78 is 19.2. The summed E-state index contributed by atoms with van der Waals surface area (Å²) in [7, 11) is 0. The van der Waals surface area contributed by atoms with E-state index in [0.717, 1.165) is 6.42 Å². The van der Waals surface area contributed by atoms with Crippen molar-refractivity contribution >= 4 is 5.84 Å². The van der Waals surface area contributed by atoms with Crippen molar-refractivity contribution in [3.05, 3.63) is 35.1 Å². The molecule has 0 atom stereocenters. The van der Waals surface area contributed by atoms with Crippen molar-refractivity contribution in [3.8, 4) is 0 Å². The van der Waals surface area contributed by atoms with E-state index in [0.29, 0.717) is 17.7 Å². The molecule has 1 rings (SSSR count). The molecule has 1 aromatic carbocycles. The highest BCUT2D eigenvalue weighted by atomic mass is 19.1. The lowest BCUT2D eigenvalue weighted by molar-refractivity contribution is 0.114. The van der Waals surface area contributed by atoms with Crippen LogP contribution < -0.4 is 5.73 Å². The molecule has 0 aromatic heterocycles. The van der Waals surface area contributed by atoms with Gasteiger partial charge in [-0.25, -0.2) is 4.39 Å². The van der Waals surface area contributed by atoms with E-state index in [1.165, 1.54) is 38.2 Å². The van der Waals surface area contributed by atoms with Gasteiger partial charge in [0.25, 0.3) is 0 Å². The van der Waals surface area contributed by atoms with Crippen LogP contribution in [0, 0.1) is 11.2 Å². The van der Waals surface area contributed by atoms with Gasteiger partial charge in [0, 0.05) is 17.7 Å². The molecule has 0 saturated carbocycles. The number of hydrogen-bond acceptors (Lipinski definition) is 2. The van der Waals surface area contributed by atoms with Crippen LogP contribution in [0.15, 0.2) is 18.2 Å². The zero-order valence-corrected chi connectivity index (χ0v) is 12.3. The number of nitrogens with two attached hydrogens (primary N) is 1. The maximum atomic E-state index is 13.7. The van der Waals surface area contributed by atoms with E-state index in [2.05, 4.69) is 6.92 Å². The van der Waals surface area contributed by atoms with Crippen LogP contribution in [-0.2, 0) is 11.3 Å². The first-order valence-electron chi connectivity index (χ1n) is 7.35. The Balaban J connectivity index is 2.20. The lowest BCUT2D eigenvalue weighted by Gasteiger charge is -2.07. The minimum Gasteiger partial charge on any atom is -0.384 e. The first-order chi connectivity index (χ1) is 9.65. The fourth-order valence-electron chi connectivity index (χ4n) is 2.00. The standard InChI is InChI=1S/C16H25FN2O/c1-2-3-4-5-6-7-10-20-12-14-9-8-13(16(18)19)11-15(14)17/h8-9,11H,2-7,10,12H2,1H3,(H3,18,19). The van der Waals surface area contributed by atoms with Crippen molar-refractivity contribution in [3.63, 3.8) is 0 Å². The molecule has 0 heterocycles. The smallest absolute Gasteiger partial charge is 0.129 e. The van der Waals surface area contributed by atoms with Crippen LogP contribution in [0.25, 0.3) is 0 Å². The van der Waals surface area contributed by atoms with Crippen molar-refractivity contribution < 1.29 is 9.13 Å². The molecule has 0 spiro atoms. The molecule has 0 bridgehead atoms. The minimum atomic E-state index is -0.361. The molecule has 1 aromatic rings. The molecule has 0 fully saturated rings. The van der Waals surface area contributed by atoms with Crippen molar-refractivity contribution in [2.24, 2.45) is 5.73 Å². The molecule has 3 N–H and O–H groups in total. The van der Waals surface area contributed by atoms with Gasteiger partial charge in [0.15, 0.2) is 0 Å². The summed E-state index contributed by atoms with van der Waals surface area (Å²) in [5.41, 5.74) is 6.23. The highest BCUT2D eigenvalue weighted by molar-refractivity contribution is 5.94. The van der Waals surface area contributed by atoms with Crippen molar-refractivity contribution in [2.45, 2.75) is 52.1 Å². The molecule has 4 heteroatoms. The second-order valence-electron chi connectivity index (χ2n) is 5.04. The Morgan fingerprint density at radius 1 is 1.20 bits per heavy atom. The molecular formula is C16H25FN2O.